The van der Waals surface area contributed by atoms with Gasteiger partial charge in [0.2, 0.25) is 5.91 Å². The highest BCUT2D eigenvalue weighted by atomic mass is 35.5. The number of nitrogens with one attached hydrogen (secondary N) is 1. The lowest BCUT2D eigenvalue weighted by atomic mass is 10.1. The van der Waals surface area contributed by atoms with E-state index in [9.17, 15) is 9.59 Å². The molecule has 2 aromatic carbocycles. The van der Waals surface area contributed by atoms with Crippen LogP contribution < -0.4 is 5.32 Å². The summed E-state index contributed by atoms with van der Waals surface area (Å²) >= 11 is 11.8. The Morgan fingerprint density at radius 1 is 1.15 bits per heavy atom. The molecule has 0 bridgehead atoms. The molecule has 0 aliphatic carbocycles. The van der Waals surface area contributed by atoms with Gasteiger partial charge in [-0.3, -0.25) is 9.59 Å². The molecule has 1 aliphatic rings. The second kappa shape index (κ2) is 8.54. The largest absolute Gasteiger partial charge is 0.366 e. The highest BCUT2D eigenvalue weighted by Gasteiger charge is 2.31. The van der Waals surface area contributed by atoms with Crippen LogP contribution in [-0.2, 0) is 20.9 Å². The quantitative estimate of drug-likeness (QED) is 0.842. The van der Waals surface area contributed by atoms with E-state index in [2.05, 4.69) is 5.32 Å². The average Bonchev–Trinajstić information content (AvgIpc) is 2.58. The fraction of sp³-hybridized carbons (Fsp3) is 0.263. The number of benzene rings is 2. The van der Waals surface area contributed by atoms with E-state index in [0.29, 0.717) is 35.4 Å². The van der Waals surface area contributed by atoms with Crippen molar-refractivity contribution in [2.24, 2.45) is 0 Å². The second-order valence-electron chi connectivity index (χ2n) is 6.02. The predicted molar refractivity (Wildman–Crippen MR) is 101 cm³/mol. The van der Waals surface area contributed by atoms with Gasteiger partial charge in [0.15, 0.2) is 0 Å². The van der Waals surface area contributed by atoms with Gasteiger partial charge in [0.1, 0.15) is 6.10 Å². The van der Waals surface area contributed by atoms with E-state index in [1.165, 1.54) is 0 Å². The molecule has 2 aromatic rings. The van der Waals surface area contributed by atoms with E-state index in [4.69, 9.17) is 27.9 Å². The first kappa shape index (κ1) is 18.7. The molecule has 1 heterocycles. The summed E-state index contributed by atoms with van der Waals surface area (Å²) in [7, 11) is 0. The van der Waals surface area contributed by atoms with Crippen LogP contribution in [0.3, 0.4) is 0 Å². The SMILES string of the molecule is O=C(CC1OCCN(Cc2ccccc2)C1=O)Nc1cc(Cl)cc(Cl)c1. The van der Waals surface area contributed by atoms with Crippen LogP contribution in [0.4, 0.5) is 5.69 Å². The molecule has 1 saturated heterocycles. The Kier molecular flexibility index (Phi) is 6.14. The van der Waals surface area contributed by atoms with Gasteiger partial charge in [0.25, 0.3) is 5.91 Å². The zero-order valence-electron chi connectivity index (χ0n) is 14.0. The minimum absolute atomic E-state index is 0.0613. The minimum Gasteiger partial charge on any atom is -0.366 e. The number of ether oxygens (including phenoxy) is 1. The third kappa shape index (κ3) is 4.97. The van der Waals surface area contributed by atoms with Gasteiger partial charge in [-0.15, -0.1) is 0 Å². The molecular weight excluding hydrogens is 375 g/mol. The van der Waals surface area contributed by atoms with E-state index < -0.39 is 6.10 Å². The van der Waals surface area contributed by atoms with Gasteiger partial charge in [-0.2, -0.15) is 0 Å². The summed E-state index contributed by atoms with van der Waals surface area (Å²) in [4.78, 5) is 26.6. The molecule has 0 aromatic heterocycles. The van der Waals surface area contributed by atoms with Crippen molar-refractivity contribution in [2.75, 3.05) is 18.5 Å². The number of hydrogen-bond donors (Lipinski definition) is 1. The third-order valence-corrected chi connectivity index (χ3v) is 4.44. The Bertz CT molecular complexity index is 778. The highest BCUT2D eigenvalue weighted by Crippen LogP contribution is 2.23. The van der Waals surface area contributed by atoms with E-state index >= 15 is 0 Å². The zero-order valence-corrected chi connectivity index (χ0v) is 15.5. The summed E-state index contributed by atoms with van der Waals surface area (Å²) in [5, 5.41) is 3.54. The molecule has 3 rings (SSSR count). The molecule has 0 saturated carbocycles. The highest BCUT2D eigenvalue weighted by molar-refractivity contribution is 6.35. The van der Waals surface area contributed by atoms with Gasteiger partial charge in [0.05, 0.1) is 13.0 Å². The van der Waals surface area contributed by atoms with Gasteiger partial charge < -0.3 is 15.0 Å². The maximum atomic E-state index is 12.6. The van der Waals surface area contributed by atoms with Crippen molar-refractivity contribution in [3.05, 3.63) is 64.1 Å². The van der Waals surface area contributed by atoms with Crippen LogP contribution in [0.15, 0.2) is 48.5 Å². The number of halogens is 2. The summed E-state index contributed by atoms with van der Waals surface area (Å²) < 4.78 is 5.51. The summed E-state index contributed by atoms with van der Waals surface area (Å²) in [6, 6.07) is 14.5. The van der Waals surface area contributed by atoms with Crippen molar-refractivity contribution < 1.29 is 14.3 Å². The Morgan fingerprint density at radius 2 is 1.85 bits per heavy atom. The molecule has 0 spiro atoms. The number of carbonyl (C=O) groups is 2. The molecule has 1 N–H and O–H groups in total. The first-order valence-electron chi connectivity index (χ1n) is 8.21. The molecule has 0 radical (unpaired) electrons. The van der Waals surface area contributed by atoms with Crippen LogP contribution in [0.25, 0.3) is 0 Å². The van der Waals surface area contributed by atoms with Gasteiger partial charge in [0, 0.05) is 28.8 Å². The second-order valence-corrected chi connectivity index (χ2v) is 6.89. The number of amides is 2. The molecule has 1 aliphatic heterocycles. The van der Waals surface area contributed by atoms with Gasteiger partial charge in [-0.05, 0) is 23.8 Å². The van der Waals surface area contributed by atoms with Gasteiger partial charge in [-0.25, -0.2) is 0 Å². The van der Waals surface area contributed by atoms with Crippen molar-refractivity contribution in [1.29, 1.82) is 0 Å². The van der Waals surface area contributed by atoms with Gasteiger partial charge >= 0.3 is 0 Å². The number of nitrogens with zero attached hydrogens (tertiary/aromatic N) is 1. The summed E-state index contributed by atoms with van der Waals surface area (Å²) in [5.74, 6) is -0.511. The van der Waals surface area contributed by atoms with Crippen LogP contribution in [0.1, 0.15) is 12.0 Å². The van der Waals surface area contributed by atoms with E-state index in [1.54, 1.807) is 23.1 Å². The van der Waals surface area contributed by atoms with Crippen LogP contribution >= 0.6 is 23.2 Å². The van der Waals surface area contributed by atoms with Crippen LogP contribution in [0.2, 0.25) is 10.0 Å². The maximum absolute atomic E-state index is 12.6. The normalized spacial score (nSPS) is 17.2. The predicted octanol–water partition coefficient (Wildman–Crippen LogP) is 3.75. The van der Waals surface area contributed by atoms with E-state index in [1.807, 2.05) is 30.3 Å². The maximum Gasteiger partial charge on any atom is 0.252 e. The van der Waals surface area contributed by atoms with Crippen LogP contribution in [0.5, 0.6) is 0 Å². The summed E-state index contributed by atoms with van der Waals surface area (Å²) in [6.45, 7) is 1.42. The Hall–Kier alpha value is -2.08. The van der Waals surface area contributed by atoms with Crippen molar-refractivity contribution in [1.82, 2.24) is 4.90 Å². The topological polar surface area (TPSA) is 58.6 Å². The van der Waals surface area contributed by atoms with Crippen LogP contribution in [-0.4, -0.2) is 36.0 Å². The lowest BCUT2D eigenvalue weighted by Crippen LogP contribution is -2.48. The van der Waals surface area contributed by atoms with Crippen molar-refractivity contribution in [2.45, 2.75) is 19.1 Å². The molecule has 7 heteroatoms. The fourth-order valence-corrected chi connectivity index (χ4v) is 3.33. The molecule has 2 amide bonds. The number of carbonyl (C=O) groups excluding carboxylic acids is 2. The lowest BCUT2D eigenvalue weighted by Gasteiger charge is -2.32. The van der Waals surface area contributed by atoms with E-state index in [-0.39, 0.29) is 18.2 Å². The fourth-order valence-electron chi connectivity index (χ4n) is 2.80. The Balaban J connectivity index is 1.59. The number of anilines is 1. The summed E-state index contributed by atoms with van der Waals surface area (Å²) in [5.41, 5.74) is 1.52. The first-order chi connectivity index (χ1) is 12.5. The minimum atomic E-state index is -0.790. The molecular formula is C19H18Cl2N2O3. The Labute approximate surface area is 161 Å². The molecule has 1 atom stereocenters. The molecule has 136 valence electrons. The van der Waals surface area contributed by atoms with Crippen molar-refractivity contribution in [3.63, 3.8) is 0 Å². The van der Waals surface area contributed by atoms with Gasteiger partial charge in [-0.1, -0.05) is 53.5 Å². The van der Waals surface area contributed by atoms with Crippen LogP contribution in [0, 0.1) is 0 Å². The standard InChI is InChI=1S/C19H18Cl2N2O3/c20-14-8-15(21)10-16(9-14)22-18(24)11-17-19(25)23(6-7-26-17)12-13-4-2-1-3-5-13/h1-5,8-10,17H,6-7,11-12H2,(H,22,24). The monoisotopic (exact) mass is 392 g/mol. The number of rotatable bonds is 5. The van der Waals surface area contributed by atoms with Crippen molar-refractivity contribution >= 4 is 40.7 Å². The lowest BCUT2D eigenvalue weighted by molar-refractivity contribution is -0.155. The van der Waals surface area contributed by atoms with E-state index in [0.717, 1.165) is 5.56 Å². The third-order valence-electron chi connectivity index (χ3n) is 4.00. The molecule has 5 nitrogen and oxygen atoms in total. The smallest absolute Gasteiger partial charge is 0.252 e. The zero-order chi connectivity index (χ0) is 18.5. The average molecular weight is 393 g/mol. The number of morpholine rings is 1. The first-order valence-corrected chi connectivity index (χ1v) is 8.97. The molecule has 1 unspecified atom stereocenters. The molecule has 26 heavy (non-hydrogen) atoms. The Morgan fingerprint density at radius 3 is 2.54 bits per heavy atom. The number of hydrogen-bond acceptors (Lipinski definition) is 3. The molecule has 1 fully saturated rings. The van der Waals surface area contributed by atoms with Crippen molar-refractivity contribution in [3.8, 4) is 0 Å². The summed E-state index contributed by atoms with van der Waals surface area (Å²) in [6.07, 6.45) is -0.851.